The number of nitrogens with two attached hydrogens (primary N) is 1. The predicted octanol–water partition coefficient (Wildman–Crippen LogP) is 2.94. The molecule has 1 aliphatic rings. The molecule has 0 saturated carbocycles. The standard InChI is InChI=1S/C20H21ClN6O/c1-12-9-13(3-4-15(12)21)16(10-27-7-2-8-27)26-20-18-17(24-11-25-20)14(19(22)28)5-6-23-18/h3-6,9,11,16H,2,7-8,10H2,1H3,(H2,22,28)(H,24,25,26). The van der Waals surface area contributed by atoms with E-state index in [1.807, 2.05) is 19.1 Å². The molecule has 144 valence electrons. The Kier molecular flexibility index (Phi) is 5.11. The number of fused-ring (bicyclic) bond motifs is 1. The van der Waals surface area contributed by atoms with Crippen molar-refractivity contribution in [1.29, 1.82) is 0 Å². The molecule has 0 radical (unpaired) electrons. The van der Waals surface area contributed by atoms with E-state index in [1.165, 1.54) is 12.7 Å². The summed E-state index contributed by atoms with van der Waals surface area (Å²) in [6, 6.07) is 7.60. The SMILES string of the molecule is Cc1cc(C(CN2CCC2)Nc2ncnc3c(C(N)=O)ccnc23)ccc1Cl. The summed E-state index contributed by atoms with van der Waals surface area (Å²) in [5.41, 5.74) is 8.92. The summed E-state index contributed by atoms with van der Waals surface area (Å²) in [6.07, 6.45) is 4.19. The highest BCUT2D eigenvalue weighted by Gasteiger charge is 2.23. The summed E-state index contributed by atoms with van der Waals surface area (Å²) in [5.74, 6) is 0.0359. The minimum absolute atomic E-state index is 0.00611. The van der Waals surface area contributed by atoms with Gasteiger partial charge in [0.2, 0.25) is 0 Å². The van der Waals surface area contributed by atoms with Crippen molar-refractivity contribution >= 4 is 34.4 Å². The first kappa shape index (κ1) is 18.6. The van der Waals surface area contributed by atoms with Crippen molar-refractivity contribution < 1.29 is 4.79 Å². The number of carbonyl (C=O) groups is 1. The van der Waals surface area contributed by atoms with Gasteiger partial charge in [-0.2, -0.15) is 0 Å². The maximum atomic E-state index is 11.7. The van der Waals surface area contributed by atoms with Gasteiger partial charge in [-0.25, -0.2) is 9.97 Å². The molecule has 1 fully saturated rings. The van der Waals surface area contributed by atoms with Crippen molar-refractivity contribution in [3.63, 3.8) is 0 Å². The number of pyridine rings is 1. The molecule has 7 nitrogen and oxygen atoms in total. The molecule has 1 unspecified atom stereocenters. The molecule has 0 aliphatic carbocycles. The molecule has 1 aliphatic heterocycles. The first-order valence-electron chi connectivity index (χ1n) is 9.17. The minimum atomic E-state index is -0.539. The van der Waals surface area contributed by atoms with Gasteiger partial charge >= 0.3 is 0 Å². The Morgan fingerprint density at radius 3 is 2.75 bits per heavy atom. The summed E-state index contributed by atoms with van der Waals surface area (Å²) in [5, 5.41) is 4.24. The Hall–Kier alpha value is -2.77. The molecule has 3 N–H and O–H groups in total. The zero-order valence-electron chi connectivity index (χ0n) is 15.5. The van der Waals surface area contributed by atoms with E-state index < -0.39 is 5.91 Å². The summed E-state index contributed by atoms with van der Waals surface area (Å²) >= 11 is 6.21. The van der Waals surface area contributed by atoms with Gasteiger partial charge in [0.25, 0.3) is 5.91 Å². The van der Waals surface area contributed by atoms with Crippen LogP contribution in [0.15, 0.2) is 36.8 Å². The van der Waals surface area contributed by atoms with Crippen LogP contribution < -0.4 is 11.1 Å². The second kappa shape index (κ2) is 7.69. The normalized spacial score (nSPS) is 15.2. The smallest absolute Gasteiger partial charge is 0.251 e. The van der Waals surface area contributed by atoms with Gasteiger partial charge in [0.05, 0.1) is 11.6 Å². The molecule has 4 rings (SSSR count). The van der Waals surface area contributed by atoms with Crippen LogP contribution in [0.25, 0.3) is 11.0 Å². The van der Waals surface area contributed by atoms with Gasteiger partial charge in [0, 0.05) is 17.8 Å². The van der Waals surface area contributed by atoms with Gasteiger partial charge in [-0.1, -0.05) is 23.7 Å². The second-order valence-corrected chi connectivity index (χ2v) is 7.41. The van der Waals surface area contributed by atoms with Crippen molar-refractivity contribution in [2.24, 2.45) is 5.73 Å². The summed E-state index contributed by atoms with van der Waals surface area (Å²) in [4.78, 5) is 27.1. The van der Waals surface area contributed by atoms with Gasteiger partial charge in [-0.3, -0.25) is 9.78 Å². The van der Waals surface area contributed by atoms with Crippen molar-refractivity contribution in [2.45, 2.75) is 19.4 Å². The highest BCUT2D eigenvalue weighted by atomic mass is 35.5. The molecule has 3 heterocycles. The molecule has 1 atom stereocenters. The molecule has 1 aromatic carbocycles. The van der Waals surface area contributed by atoms with E-state index >= 15 is 0 Å². The molecule has 0 spiro atoms. The Labute approximate surface area is 167 Å². The van der Waals surface area contributed by atoms with E-state index in [2.05, 4.69) is 31.2 Å². The first-order valence-corrected chi connectivity index (χ1v) is 9.55. The molecule has 2 aromatic heterocycles. The molecule has 28 heavy (non-hydrogen) atoms. The lowest BCUT2D eigenvalue weighted by Gasteiger charge is -2.35. The highest BCUT2D eigenvalue weighted by molar-refractivity contribution is 6.31. The molecule has 1 amide bonds. The number of aryl methyl sites for hydroxylation is 1. The van der Waals surface area contributed by atoms with Gasteiger partial charge in [0.1, 0.15) is 17.4 Å². The average molecular weight is 397 g/mol. The Balaban J connectivity index is 1.73. The van der Waals surface area contributed by atoms with Crippen LogP contribution in [0, 0.1) is 6.92 Å². The number of likely N-dealkylation sites (tertiary alicyclic amines) is 1. The largest absolute Gasteiger partial charge is 0.366 e. The van der Waals surface area contributed by atoms with Crippen LogP contribution in [-0.4, -0.2) is 45.4 Å². The maximum absolute atomic E-state index is 11.7. The number of nitrogens with zero attached hydrogens (tertiary/aromatic N) is 4. The van der Waals surface area contributed by atoms with E-state index in [-0.39, 0.29) is 6.04 Å². The lowest BCUT2D eigenvalue weighted by molar-refractivity contribution is 0.100. The zero-order chi connectivity index (χ0) is 19.7. The number of primary amides is 1. The number of aromatic nitrogens is 3. The number of hydrogen-bond acceptors (Lipinski definition) is 6. The van der Waals surface area contributed by atoms with Crippen molar-refractivity contribution in [2.75, 3.05) is 25.0 Å². The topological polar surface area (TPSA) is 97.0 Å². The number of nitrogens with one attached hydrogen (secondary N) is 1. The van der Waals surface area contributed by atoms with Crippen LogP contribution in [0.1, 0.15) is 33.9 Å². The second-order valence-electron chi connectivity index (χ2n) is 7.00. The molecule has 8 heteroatoms. The van der Waals surface area contributed by atoms with E-state index in [0.717, 1.165) is 35.8 Å². The van der Waals surface area contributed by atoms with E-state index in [0.29, 0.717) is 22.4 Å². The number of anilines is 1. The Bertz CT molecular complexity index is 1040. The van der Waals surface area contributed by atoms with Crippen LogP contribution in [0.3, 0.4) is 0 Å². The Morgan fingerprint density at radius 1 is 1.25 bits per heavy atom. The number of carbonyl (C=O) groups excluding carboxylic acids is 1. The van der Waals surface area contributed by atoms with Gasteiger partial charge in [-0.15, -0.1) is 0 Å². The van der Waals surface area contributed by atoms with Gasteiger partial charge in [-0.05, 0) is 49.7 Å². The van der Waals surface area contributed by atoms with Gasteiger partial charge < -0.3 is 16.0 Å². The fraction of sp³-hybridized carbons (Fsp3) is 0.300. The van der Waals surface area contributed by atoms with E-state index in [4.69, 9.17) is 17.3 Å². The number of amides is 1. The molecule has 3 aromatic rings. The van der Waals surface area contributed by atoms with Crippen molar-refractivity contribution in [3.8, 4) is 0 Å². The van der Waals surface area contributed by atoms with Crippen molar-refractivity contribution in [1.82, 2.24) is 19.9 Å². The monoisotopic (exact) mass is 396 g/mol. The lowest BCUT2D eigenvalue weighted by atomic mass is 10.0. The molecular formula is C20H21ClN6O. The summed E-state index contributed by atoms with van der Waals surface area (Å²) in [6.45, 7) is 4.99. The van der Waals surface area contributed by atoms with Crippen LogP contribution in [-0.2, 0) is 0 Å². The van der Waals surface area contributed by atoms with Crippen LogP contribution in [0.4, 0.5) is 5.82 Å². The minimum Gasteiger partial charge on any atom is -0.366 e. The molecule has 0 bridgehead atoms. The zero-order valence-corrected chi connectivity index (χ0v) is 16.3. The lowest BCUT2D eigenvalue weighted by Crippen LogP contribution is -2.41. The fourth-order valence-electron chi connectivity index (χ4n) is 3.37. The summed E-state index contributed by atoms with van der Waals surface area (Å²) < 4.78 is 0. The fourth-order valence-corrected chi connectivity index (χ4v) is 3.49. The first-order chi connectivity index (χ1) is 13.5. The number of benzene rings is 1. The number of rotatable bonds is 6. The third kappa shape index (κ3) is 3.63. The summed E-state index contributed by atoms with van der Waals surface area (Å²) in [7, 11) is 0. The Morgan fingerprint density at radius 2 is 2.07 bits per heavy atom. The van der Waals surface area contributed by atoms with Crippen LogP contribution >= 0.6 is 11.6 Å². The number of hydrogen-bond donors (Lipinski definition) is 2. The quantitative estimate of drug-likeness (QED) is 0.664. The van der Waals surface area contributed by atoms with Gasteiger partial charge in [0.15, 0.2) is 5.82 Å². The molecular weight excluding hydrogens is 376 g/mol. The van der Waals surface area contributed by atoms with Crippen molar-refractivity contribution in [3.05, 3.63) is 58.5 Å². The highest BCUT2D eigenvalue weighted by Crippen LogP contribution is 2.28. The van der Waals surface area contributed by atoms with E-state index in [1.54, 1.807) is 12.3 Å². The number of halogens is 1. The third-order valence-corrected chi connectivity index (χ3v) is 5.50. The van der Waals surface area contributed by atoms with E-state index in [9.17, 15) is 4.79 Å². The predicted molar refractivity (Wildman–Crippen MR) is 109 cm³/mol. The third-order valence-electron chi connectivity index (χ3n) is 5.07. The maximum Gasteiger partial charge on any atom is 0.251 e. The van der Waals surface area contributed by atoms with Crippen LogP contribution in [0.5, 0.6) is 0 Å². The van der Waals surface area contributed by atoms with Crippen LogP contribution in [0.2, 0.25) is 5.02 Å². The molecule has 1 saturated heterocycles. The average Bonchev–Trinajstić information content (AvgIpc) is 2.65.